The van der Waals surface area contributed by atoms with Crippen LogP contribution in [0.4, 0.5) is 5.69 Å². The second kappa shape index (κ2) is 9.43. The minimum absolute atomic E-state index is 0.424. The van der Waals surface area contributed by atoms with Gasteiger partial charge in [-0.3, -0.25) is 0 Å². The molecule has 0 N–H and O–H groups in total. The molecule has 0 radical (unpaired) electrons. The Balaban J connectivity index is 1.69. The Kier molecular flexibility index (Phi) is 6.39. The molecule has 0 bridgehead atoms. The molecule has 1 aliphatic carbocycles. The van der Waals surface area contributed by atoms with Gasteiger partial charge in [0.25, 0.3) is 5.88 Å². The van der Waals surface area contributed by atoms with Gasteiger partial charge in [-0.2, -0.15) is 0 Å². The van der Waals surface area contributed by atoms with Gasteiger partial charge in [-0.15, -0.1) is 5.10 Å². The Bertz CT molecular complexity index is 1140. The van der Waals surface area contributed by atoms with Crippen LogP contribution in [0.1, 0.15) is 38.2 Å². The van der Waals surface area contributed by atoms with Gasteiger partial charge < -0.3 is 19.1 Å². The number of aromatic nitrogens is 2. The third kappa shape index (κ3) is 4.38. The lowest BCUT2D eigenvalue weighted by Crippen LogP contribution is -2.41. The molecule has 2 aliphatic rings. The number of fused-ring (bicyclic) bond motifs is 1. The molecule has 3 aromatic rings. The molecule has 0 spiro atoms. The van der Waals surface area contributed by atoms with Gasteiger partial charge in [0.2, 0.25) is 0 Å². The summed E-state index contributed by atoms with van der Waals surface area (Å²) in [6, 6.07) is 10.6. The average molecular weight is 470 g/mol. The molecular formula is C26H32ClN3O3. The molecule has 1 saturated heterocycles. The van der Waals surface area contributed by atoms with E-state index in [0.717, 1.165) is 72.3 Å². The first-order valence-corrected chi connectivity index (χ1v) is 12.3. The largest absolute Gasteiger partial charge is 0.496 e. The Hall–Kier alpha value is -2.44. The third-order valence-electron chi connectivity index (χ3n) is 6.63. The molecule has 7 heteroatoms. The molecule has 6 nitrogen and oxygen atoms in total. The molecule has 0 atom stereocenters. The highest BCUT2D eigenvalue weighted by atomic mass is 35.5. The smallest absolute Gasteiger partial charge is 0.257 e. The second-order valence-corrected chi connectivity index (χ2v) is 9.47. The fraction of sp³-hybridized carbons (Fsp3) is 0.500. The van der Waals surface area contributed by atoms with E-state index in [1.807, 2.05) is 36.6 Å². The third-order valence-corrected chi connectivity index (χ3v) is 6.92. The number of benzene rings is 1. The quantitative estimate of drug-likeness (QED) is 0.419. The van der Waals surface area contributed by atoms with Crippen LogP contribution in [0.3, 0.4) is 0 Å². The fourth-order valence-corrected chi connectivity index (χ4v) is 5.21. The van der Waals surface area contributed by atoms with Gasteiger partial charge in [-0.05, 0) is 75.3 Å². The maximum Gasteiger partial charge on any atom is 0.257 e. The summed E-state index contributed by atoms with van der Waals surface area (Å²) in [6.07, 6.45) is 4.63. The summed E-state index contributed by atoms with van der Waals surface area (Å²) in [6.45, 7) is 7.22. The predicted octanol–water partition coefficient (Wildman–Crippen LogP) is 5.77. The van der Waals surface area contributed by atoms with Gasteiger partial charge in [0.15, 0.2) is 0 Å². The lowest BCUT2D eigenvalue weighted by atomic mass is 10.0. The number of nitrogens with zero attached hydrogens (tertiary/aromatic N) is 3. The van der Waals surface area contributed by atoms with Gasteiger partial charge in [0.1, 0.15) is 11.4 Å². The highest BCUT2D eigenvalue weighted by Crippen LogP contribution is 2.43. The van der Waals surface area contributed by atoms with Crippen LogP contribution in [0.5, 0.6) is 11.6 Å². The first kappa shape index (κ1) is 22.4. The van der Waals surface area contributed by atoms with Crippen LogP contribution in [-0.2, 0) is 4.74 Å². The maximum atomic E-state index is 6.74. The normalized spacial score (nSPS) is 16.8. The number of methoxy groups -OCH3 is 1. The number of hydrogen-bond donors (Lipinski definition) is 0. The molecule has 3 heterocycles. The summed E-state index contributed by atoms with van der Waals surface area (Å²) < 4.78 is 19.5. The van der Waals surface area contributed by atoms with Crippen LogP contribution in [0.15, 0.2) is 30.3 Å². The van der Waals surface area contributed by atoms with Gasteiger partial charge in [-0.1, -0.05) is 17.7 Å². The number of hydrogen-bond acceptors (Lipinski definition) is 5. The topological polar surface area (TPSA) is 48.2 Å². The number of pyridine rings is 1. The van der Waals surface area contributed by atoms with E-state index in [0.29, 0.717) is 23.6 Å². The van der Waals surface area contributed by atoms with Gasteiger partial charge in [-0.25, -0.2) is 4.52 Å². The Morgan fingerprint density at radius 1 is 1.18 bits per heavy atom. The zero-order valence-electron chi connectivity index (χ0n) is 19.6. The number of anilines is 1. The monoisotopic (exact) mass is 469 g/mol. The average Bonchev–Trinajstić information content (AvgIpc) is 3.57. The van der Waals surface area contributed by atoms with Crippen LogP contribution in [-0.4, -0.2) is 49.1 Å². The molecule has 33 heavy (non-hydrogen) atoms. The van der Waals surface area contributed by atoms with Crippen LogP contribution in [0, 0.1) is 12.8 Å². The molecular weight excluding hydrogens is 438 g/mol. The molecule has 0 amide bonds. The van der Waals surface area contributed by atoms with E-state index in [2.05, 4.69) is 17.0 Å². The van der Waals surface area contributed by atoms with Crippen molar-refractivity contribution >= 4 is 22.8 Å². The zero-order valence-corrected chi connectivity index (χ0v) is 20.4. The summed E-state index contributed by atoms with van der Waals surface area (Å²) >= 11 is 6.74. The summed E-state index contributed by atoms with van der Waals surface area (Å²) in [4.78, 5) is 2.55. The SMILES string of the molecule is CCOc1nn2c(-c3c(Cl)cc(C)cc3OC)cccc2c1N(CC1CC1)C1CCOCC1. The molecule has 2 fully saturated rings. The van der Waals surface area contributed by atoms with E-state index in [4.69, 9.17) is 30.9 Å². The van der Waals surface area contributed by atoms with Crippen LogP contribution < -0.4 is 14.4 Å². The molecule has 0 unspecified atom stereocenters. The van der Waals surface area contributed by atoms with Crippen molar-refractivity contribution in [2.75, 3.05) is 38.4 Å². The van der Waals surface area contributed by atoms with Crippen molar-refractivity contribution in [3.05, 3.63) is 40.9 Å². The Morgan fingerprint density at radius 2 is 1.97 bits per heavy atom. The second-order valence-electron chi connectivity index (χ2n) is 9.06. The number of ether oxygens (including phenoxy) is 3. The first-order valence-electron chi connectivity index (χ1n) is 11.9. The highest BCUT2D eigenvalue weighted by molar-refractivity contribution is 6.33. The van der Waals surface area contributed by atoms with Crippen molar-refractivity contribution in [3.63, 3.8) is 0 Å². The van der Waals surface area contributed by atoms with Crippen molar-refractivity contribution in [2.24, 2.45) is 5.92 Å². The zero-order chi connectivity index (χ0) is 22.9. The van der Waals surface area contributed by atoms with Crippen molar-refractivity contribution in [1.29, 1.82) is 0 Å². The van der Waals surface area contributed by atoms with Crippen LogP contribution >= 0.6 is 11.6 Å². The molecule has 1 aromatic carbocycles. The Labute approximate surface area is 200 Å². The first-order chi connectivity index (χ1) is 16.1. The molecule has 176 valence electrons. The summed E-state index contributed by atoms with van der Waals surface area (Å²) in [5.41, 5.74) is 4.90. The lowest BCUT2D eigenvalue weighted by molar-refractivity contribution is 0.0841. The van der Waals surface area contributed by atoms with E-state index < -0.39 is 0 Å². The Morgan fingerprint density at radius 3 is 2.67 bits per heavy atom. The minimum Gasteiger partial charge on any atom is -0.496 e. The van der Waals surface area contributed by atoms with E-state index in [1.165, 1.54) is 12.8 Å². The van der Waals surface area contributed by atoms with Crippen LogP contribution in [0.2, 0.25) is 5.02 Å². The van der Waals surface area contributed by atoms with Gasteiger partial charge in [0.05, 0.1) is 35.5 Å². The summed E-state index contributed by atoms with van der Waals surface area (Å²) in [5.74, 6) is 2.16. The van der Waals surface area contributed by atoms with Crippen molar-refractivity contribution in [3.8, 4) is 22.9 Å². The molecule has 1 aliphatic heterocycles. The predicted molar refractivity (Wildman–Crippen MR) is 132 cm³/mol. The van der Waals surface area contributed by atoms with E-state index in [9.17, 15) is 0 Å². The van der Waals surface area contributed by atoms with E-state index in [1.54, 1.807) is 7.11 Å². The van der Waals surface area contributed by atoms with E-state index >= 15 is 0 Å². The van der Waals surface area contributed by atoms with Crippen molar-refractivity contribution in [1.82, 2.24) is 9.61 Å². The molecule has 2 aromatic heterocycles. The summed E-state index contributed by atoms with van der Waals surface area (Å²) in [5, 5.41) is 5.62. The summed E-state index contributed by atoms with van der Waals surface area (Å²) in [7, 11) is 1.68. The van der Waals surface area contributed by atoms with Crippen molar-refractivity contribution in [2.45, 2.75) is 45.6 Å². The number of halogens is 1. The van der Waals surface area contributed by atoms with Crippen molar-refractivity contribution < 1.29 is 14.2 Å². The highest BCUT2D eigenvalue weighted by Gasteiger charge is 2.33. The van der Waals surface area contributed by atoms with Gasteiger partial charge in [0, 0.05) is 25.8 Å². The molecule has 1 saturated carbocycles. The standard InChI is InChI=1S/C26H32ClN3O3/c1-4-33-26-25(29(16-18-8-9-18)19-10-12-32-13-11-19)22-7-5-6-21(30(22)28-26)24-20(27)14-17(2)15-23(24)31-3/h5-7,14-15,18-19H,4,8-13,16H2,1-3H3. The lowest BCUT2D eigenvalue weighted by Gasteiger charge is -2.36. The minimum atomic E-state index is 0.424. The number of aryl methyl sites for hydroxylation is 1. The van der Waals surface area contributed by atoms with Gasteiger partial charge >= 0.3 is 0 Å². The van der Waals surface area contributed by atoms with Crippen LogP contribution in [0.25, 0.3) is 16.8 Å². The molecule has 5 rings (SSSR count). The fourth-order valence-electron chi connectivity index (χ4n) is 4.85. The number of rotatable bonds is 8. The van der Waals surface area contributed by atoms with E-state index in [-0.39, 0.29) is 0 Å². The maximum absolute atomic E-state index is 6.74.